The molecule has 0 saturated carbocycles. The smallest absolute Gasteiger partial charge is 0.337 e. The third-order valence-corrected chi connectivity index (χ3v) is 3.26. The lowest BCUT2D eigenvalue weighted by Crippen LogP contribution is -2.14. The van der Waals surface area contributed by atoms with Crippen molar-refractivity contribution in [1.82, 2.24) is 0 Å². The normalized spacial score (nSPS) is 12.3. The van der Waals surface area contributed by atoms with E-state index in [0.29, 0.717) is 16.7 Å². The first-order valence-corrected chi connectivity index (χ1v) is 7.27. The van der Waals surface area contributed by atoms with Crippen molar-refractivity contribution in [2.24, 2.45) is 0 Å². The van der Waals surface area contributed by atoms with Crippen LogP contribution in [0.4, 0.5) is 0 Å². The second-order valence-electron chi connectivity index (χ2n) is 4.87. The van der Waals surface area contributed by atoms with Crippen LogP contribution in [0.15, 0.2) is 60.2 Å². The molecule has 1 N–H and O–H groups in total. The second kappa shape index (κ2) is 7.92. The molecule has 116 valence electrons. The number of esters is 1. The van der Waals surface area contributed by atoms with E-state index in [2.05, 4.69) is 0 Å². The molecule has 0 aliphatic heterocycles. The van der Waals surface area contributed by atoms with Gasteiger partial charge in [0.25, 0.3) is 0 Å². The first-order chi connectivity index (χ1) is 11.2. The molecule has 2 aromatic rings. The van der Waals surface area contributed by atoms with Crippen LogP contribution in [0.3, 0.4) is 0 Å². The molecule has 1 unspecified atom stereocenters. The van der Waals surface area contributed by atoms with Crippen LogP contribution in [-0.4, -0.2) is 17.7 Å². The Kier molecular flexibility index (Phi) is 5.67. The SMILES string of the molecule is CCOC(=O)/C(=C/c1cccc(C#N)c1)C(O)c1ccccc1. The number of nitrogens with zero attached hydrogens (tertiary/aromatic N) is 1. The van der Waals surface area contributed by atoms with Crippen molar-refractivity contribution in [2.45, 2.75) is 13.0 Å². The van der Waals surface area contributed by atoms with Crippen molar-refractivity contribution in [3.05, 3.63) is 76.9 Å². The van der Waals surface area contributed by atoms with E-state index in [1.54, 1.807) is 61.5 Å². The number of hydrogen-bond acceptors (Lipinski definition) is 4. The Morgan fingerprint density at radius 2 is 2.00 bits per heavy atom. The van der Waals surface area contributed by atoms with Gasteiger partial charge in [-0.3, -0.25) is 0 Å². The minimum Gasteiger partial charge on any atom is -0.463 e. The fraction of sp³-hybridized carbons (Fsp3) is 0.158. The van der Waals surface area contributed by atoms with E-state index >= 15 is 0 Å². The Labute approximate surface area is 135 Å². The lowest BCUT2D eigenvalue weighted by molar-refractivity contribution is -0.139. The highest BCUT2D eigenvalue weighted by Crippen LogP contribution is 2.25. The Morgan fingerprint density at radius 1 is 1.26 bits per heavy atom. The summed E-state index contributed by atoms with van der Waals surface area (Å²) in [6.07, 6.45) is 0.456. The first kappa shape index (κ1) is 16.5. The number of aliphatic hydroxyl groups is 1. The molecular formula is C19H17NO3. The Bertz CT molecular complexity index is 745. The van der Waals surface area contributed by atoms with Crippen LogP contribution in [0, 0.1) is 11.3 Å². The Hall–Kier alpha value is -2.90. The van der Waals surface area contributed by atoms with Gasteiger partial charge in [0.15, 0.2) is 0 Å². The van der Waals surface area contributed by atoms with Gasteiger partial charge in [-0.1, -0.05) is 42.5 Å². The van der Waals surface area contributed by atoms with E-state index in [9.17, 15) is 9.90 Å². The molecule has 0 heterocycles. The van der Waals surface area contributed by atoms with E-state index in [4.69, 9.17) is 10.00 Å². The molecule has 4 heteroatoms. The molecule has 0 fully saturated rings. The van der Waals surface area contributed by atoms with Gasteiger partial charge < -0.3 is 9.84 Å². The summed E-state index contributed by atoms with van der Waals surface area (Å²) in [5.41, 5.74) is 1.87. The molecule has 0 amide bonds. The van der Waals surface area contributed by atoms with Crippen LogP contribution in [0.2, 0.25) is 0 Å². The molecule has 0 saturated heterocycles. The second-order valence-corrected chi connectivity index (χ2v) is 4.87. The van der Waals surface area contributed by atoms with Crippen molar-refractivity contribution >= 4 is 12.0 Å². The van der Waals surface area contributed by atoms with Crippen molar-refractivity contribution in [3.8, 4) is 6.07 Å². The lowest BCUT2D eigenvalue weighted by Gasteiger charge is -2.14. The average Bonchev–Trinajstić information content (AvgIpc) is 2.60. The molecule has 23 heavy (non-hydrogen) atoms. The number of hydrogen-bond donors (Lipinski definition) is 1. The number of ether oxygens (including phenoxy) is 1. The summed E-state index contributed by atoms with van der Waals surface area (Å²) in [6.45, 7) is 1.93. The Balaban J connectivity index is 2.43. The minimum atomic E-state index is -1.10. The minimum absolute atomic E-state index is 0.133. The van der Waals surface area contributed by atoms with Crippen LogP contribution in [0.25, 0.3) is 6.08 Å². The third kappa shape index (κ3) is 4.29. The monoisotopic (exact) mass is 307 g/mol. The van der Waals surface area contributed by atoms with Crippen LogP contribution in [0.1, 0.15) is 29.7 Å². The topological polar surface area (TPSA) is 70.3 Å². The van der Waals surface area contributed by atoms with E-state index < -0.39 is 12.1 Å². The number of benzene rings is 2. The highest BCUT2D eigenvalue weighted by Gasteiger charge is 2.21. The van der Waals surface area contributed by atoms with E-state index in [-0.39, 0.29) is 12.2 Å². The van der Waals surface area contributed by atoms with Gasteiger partial charge in [-0.25, -0.2) is 4.79 Å². The molecule has 1 atom stereocenters. The van der Waals surface area contributed by atoms with Crippen LogP contribution in [-0.2, 0) is 9.53 Å². The largest absolute Gasteiger partial charge is 0.463 e. The number of carbonyl (C=O) groups excluding carboxylic acids is 1. The highest BCUT2D eigenvalue weighted by molar-refractivity contribution is 5.95. The summed E-state index contributed by atoms with van der Waals surface area (Å²) in [4.78, 5) is 12.2. The van der Waals surface area contributed by atoms with E-state index in [1.165, 1.54) is 0 Å². The molecular weight excluding hydrogens is 290 g/mol. The Morgan fingerprint density at radius 3 is 2.65 bits per heavy atom. The quantitative estimate of drug-likeness (QED) is 0.680. The molecule has 0 radical (unpaired) electrons. The van der Waals surface area contributed by atoms with E-state index in [1.807, 2.05) is 12.1 Å². The lowest BCUT2D eigenvalue weighted by atomic mass is 9.99. The molecule has 0 aromatic heterocycles. The standard InChI is InChI=1S/C19H17NO3/c1-2-23-19(22)17(18(21)16-9-4-3-5-10-16)12-14-7-6-8-15(11-14)13-20/h3-12,18,21H,2H2,1H3/b17-12+. The van der Waals surface area contributed by atoms with Crippen LogP contribution >= 0.6 is 0 Å². The van der Waals surface area contributed by atoms with Gasteiger partial charge in [-0.2, -0.15) is 5.26 Å². The van der Waals surface area contributed by atoms with Gasteiger partial charge in [-0.15, -0.1) is 0 Å². The highest BCUT2D eigenvalue weighted by atomic mass is 16.5. The molecule has 0 spiro atoms. The predicted octanol–water partition coefficient (Wildman–Crippen LogP) is 3.24. The van der Waals surface area contributed by atoms with Crippen molar-refractivity contribution < 1.29 is 14.6 Å². The molecule has 2 aromatic carbocycles. The summed E-state index contributed by atoms with van der Waals surface area (Å²) in [6, 6.07) is 17.8. The number of nitriles is 1. The predicted molar refractivity (Wildman–Crippen MR) is 87.2 cm³/mol. The van der Waals surface area contributed by atoms with Gasteiger partial charge in [0.1, 0.15) is 6.10 Å². The van der Waals surface area contributed by atoms with Crippen molar-refractivity contribution in [1.29, 1.82) is 5.26 Å². The maximum absolute atomic E-state index is 12.2. The molecule has 2 rings (SSSR count). The van der Waals surface area contributed by atoms with E-state index in [0.717, 1.165) is 0 Å². The maximum atomic E-state index is 12.2. The zero-order valence-electron chi connectivity index (χ0n) is 12.8. The maximum Gasteiger partial charge on any atom is 0.337 e. The van der Waals surface area contributed by atoms with Crippen LogP contribution < -0.4 is 0 Å². The molecule has 4 nitrogen and oxygen atoms in total. The summed E-state index contributed by atoms with van der Waals surface area (Å²) >= 11 is 0. The van der Waals surface area contributed by atoms with Gasteiger partial charge in [-0.05, 0) is 36.3 Å². The zero-order chi connectivity index (χ0) is 16.7. The summed E-state index contributed by atoms with van der Waals surface area (Å²) in [5, 5.41) is 19.5. The summed E-state index contributed by atoms with van der Waals surface area (Å²) < 4.78 is 5.04. The third-order valence-electron chi connectivity index (χ3n) is 3.26. The summed E-state index contributed by atoms with van der Waals surface area (Å²) in [5.74, 6) is -0.578. The fourth-order valence-corrected chi connectivity index (χ4v) is 2.16. The molecule has 0 aliphatic carbocycles. The van der Waals surface area contributed by atoms with Crippen molar-refractivity contribution in [3.63, 3.8) is 0 Å². The average molecular weight is 307 g/mol. The number of aliphatic hydroxyl groups excluding tert-OH is 1. The molecule has 0 aliphatic rings. The summed E-state index contributed by atoms with van der Waals surface area (Å²) in [7, 11) is 0. The zero-order valence-corrected chi connectivity index (χ0v) is 12.8. The number of carbonyl (C=O) groups is 1. The van der Waals surface area contributed by atoms with Gasteiger partial charge in [0.2, 0.25) is 0 Å². The van der Waals surface area contributed by atoms with Crippen LogP contribution in [0.5, 0.6) is 0 Å². The van der Waals surface area contributed by atoms with Gasteiger partial charge in [0.05, 0.1) is 23.8 Å². The van der Waals surface area contributed by atoms with Gasteiger partial charge in [0, 0.05) is 0 Å². The fourth-order valence-electron chi connectivity index (χ4n) is 2.16. The molecule has 0 bridgehead atoms. The first-order valence-electron chi connectivity index (χ1n) is 7.27. The van der Waals surface area contributed by atoms with Crippen molar-refractivity contribution in [2.75, 3.05) is 6.61 Å². The number of rotatable bonds is 5. The van der Waals surface area contributed by atoms with Gasteiger partial charge >= 0.3 is 5.97 Å².